The summed E-state index contributed by atoms with van der Waals surface area (Å²) in [6, 6.07) is 4.22. The van der Waals surface area contributed by atoms with Crippen molar-refractivity contribution in [3.8, 4) is 0 Å². The van der Waals surface area contributed by atoms with E-state index in [1.54, 1.807) is 24.0 Å². The highest BCUT2D eigenvalue weighted by atomic mass is 16.2. The summed E-state index contributed by atoms with van der Waals surface area (Å²) >= 11 is 0. The average molecular weight is 408 g/mol. The van der Waals surface area contributed by atoms with Crippen molar-refractivity contribution < 1.29 is 14.4 Å². The van der Waals surface area contributed by atoms with Crippen molar-refractivity contribution in [2.24, 2.45) is 0 Å². The standard InChI is InChI=1S/C21H24N6O3/c1-13-10-14(2)18(23-11-13)25-6-8-26(9-7-25)20(29)16-4-5-17(22-12-16)27-15(3)19(28)24-21(27)30/h4-5,10-12,15H,6-9H2,1-3H3,(H,24,28,30). The number of nitrogens with one attached hydrogen (secondary N) is 1. The molecule has 0 bridgehead atoms. The molecule has 4 rings (SSSR count). The van der Waals surface area contributed by atoms with Gasteiger partial charge in [0.2, 0.25) is 0 Å². The van der Waals surface area contributed by atoms with E-state index < -0.39 is 12.1 Å². The smallest absolute Gasteiger partial charge is 0.330 e. The minimum atomic E-state index is -0.626. The Hall–Kier alpha value is -3.49. The number of rotatable bonds is 3. The van der Waals surface area contributed by atoms with Gasteiger partial charge in [0.15, 0.2) is 0 Å². The zero-order valence-corrected chi connectivity index (χ0v) is 17.3. The lowest BCUT2D eigenvalue weighted by Gasteiger charge is -2.36. The van der Waals surface area contributed by atoms with Gasteiger partial charge in [-0.15, -0.1) is 0 Å². The number of nitrogens with zero attached hydrogens (tertiary/aromatic N) is 5. The number of urea groups is 1. The molecule has 0 saturated carbocycles. The molecule has 2 aromatic rings. The Morgan fingerprint density at radius 1 is 1.07 bits per heavy atom. The number of hydrogen-bond donors (Lipinski definition) is 1. The minimum Gasteiger partial charge on any atom is -0.353 e. The molecule has 1 N–H and O–H groups in total. The third-order valence-electron chi connectivity index (χ3n) is 5.51. The molecule has 4 heterocycles. The van der Waals surface area contributed by atoms with Gasteiger partial charge >= 0.3 is 6.03 Å². The molecule has 30 heavy (non-hydrogen) atoms. The van der Waals surface area contributed by atoms with Gasteiger partial charge in [0.1, 0.15) is 17.7 Å². The number of pyridine rings is 2. The molecule has 2 fully saturated rings. The first-order chi connectivity index (χ1) is 14.3. The number of piperazine rings is 1. The summed E-state index contributed by atoms with van der Waals surface area (Å²) in [7, 11) is 0. The van der Waals surface area contributed by atoms with Gasteiger partial charge < -0.3 is 9.80 Å². The van der Waals surface area contributed by atoms with Crippen molar-refractivity contribution in [1.29, 1.82) is 0 Å². The molecule has 1 unspecified atom stereocenters. The van der Waals surface area contributed by atoms with E-state index in [1.165, 1.54) is 11.1 Å². The maximum Gasteiger partial charge on any atom is 0.330 e. The van der Waals surface area contributed by atoms with E-state index in [9.17, 15) is 14.4 Å². The number of imide groups is 1. The second-order valence-electron chi connectivity index (χ2n) is 7.68. The van der Waals surface area contributed by atoms with Crippen LogP contribution in [0, 0.1) is 13.8 Å². The van der Waals surface area contributed by atoms with Gasteiger partial charge in [0.25, 0.3) is 11.8 Å². The van der Waals surface area contributed by atoms with Crippen LogP contribution >= 0.6 is 0 Å². The Bertz CT molecular complexity index is 998. The second kappa shape index (κ2) is 7.74. The third kappa shape index (κ3) is 3.58. The first-order valence-corrected chi connectivity index (χ1v) is 9.92. The molecule has 2 aliphatic rings. The topological polar surface area (TPSA) is 98.7 Å². The maximum atomic E-state index is 12.9. The monoisotopic (exact) mass is 408 g/mol. The van der Waals surface area contributed by atoms with Crippen LogP contribution in [0.5, 0.6) is 0 Å². The quantitative estimate of drug-likeness (QED) is 0.773. The van der Waals surface area contributed by atoms with Crippen LogP contribution < -0.4 is 15.1 Å². The first-order valence-electron chi connectivity index (χ1n) is 9.92. The van der Waals surface area contributed by atoms with E-state index in [0.29, 0.717) is 37.6 Å². The van der Waals surface area contributed by atoms with Crippen molar-refractivity contribution in [3.05, 3.63) is 47.3 Å². The molecule has 156 valence electrons. The van der Waals surface area contributed by atoms with Gasteiger partial charge in [0, 0.05) is 38.6 Å². The predicted molar refractivity (Wildman–Crippen MR) is 112 cm³/mol. The largest absolute Gasteiger partial charge is 0.353 e. The van der Waals surface area contributed by atoms with Crippen molar-refractivity contribution in [3.63, 3.8) is 0 Å². The molecule has 0 aliphatic carbocycles. The summed E-state index contributed by atoms with van der Waals surface area (Å²) in [6.45, 7) is 8.31. The summed E-state index contributed by atoms with van der Waals surface area (Å²) in [5.41, 5.74) is 2.72. The first kappa shape index (κ1) is 19.8. The second-order valence-corrected chi connectivity index (χ2v) is 7.68. The molecule has 1 atom stereocenters. The molecule has 2 aromatic heterocycles. The van der Waals surface area contributed by atoms with E-state index in [-0.39, 0.29) is 11.8 Å². The number of aromatic nitrogens is 2. The predicted octanol–water partition coefficient (Wildman–Crippen LogP) is 1.50. The average Bonchev–Trinajstić information content (AvgIpc) is 2.99. The zero-order chi connectivity index (χ0) is 21.4. The van der Waals surface area contributed by atoms with Crippen molar-refractivity contribution in [2.75, 3.05) is 36.0 Å². The van der Waals surface area contributed by atoms with E-state index >= 15 is 0 Å². The lowest BCUT2D eigenvalue weighted by Crippen LogP contribution is -2.49. The van der Waals surface area contributed by atoms with Gasteiger partial charge in [-0.1, -0.05) is 6.07 Å². The van der Waals surface area contributed by atoms with Gasteiger partial charge in [-0.25, -0.2) is 14.8 Å². The van der Waals surface area contributed by atoms with E-state index in [0.717, 1.165) is 16.9 Å². The Morgan fingerprint density at radius 2 is 1.80 bits per heavy atom. The summed E-state index contributed by atoms with van der Waals surface area (Å²) < 4.78 is 0. The summed E-state index contributed by atoms with van der Waals surface area (Å²) in [5.74, 6) is 0.842. The fraction of sp³-hybridized carbons (Fsp3) is 0.381. The Morgan fingerprint density at radius 3 is 2.37 bits per heavy atom. The van der Waals surface area contributed by atoms with Crippen LogP contribution in [0.1, 0.15) is 28.4 Å². The van der Waals surface area contributed by atoms with E-state index in [1.807, 2.05) is 13.1 Å². The minimum absolute atomic E-state index is 0.0997. The van der Waals surface area contributed by atoms with Crippen LogP contribution in [-0.4, -0.2) is 64.9 Å². The Labute approximate surface area is 174 Å². The molecule has 2 aliphatic heterocycles. The summed E-state index contributed by atoms with van der Waals surface area (Å²) in [5, 5.41) is 2.25. The van der Waals surface area contributed by atoms with Gasteiger partial charge in [-0.2, -0.15) is 0 Å². The number of anilines is 2. The fourth-order valence-corrected chi connectivity index (χ4v) is 3.86. The van der Waals surface area contributed by atoms with Gasteiger partial charge in [-0.05, 0) is 44.0 Å². The number of carbonyl (C=O) groups is 3. The van der Waals surface area contributed by atoms with Crippen LogP contribution in [0.15, 0.2) is 30.6 Å². The maximum absolute atomic E-state index is 12.9. The summed E-state index contributed by atoms with van der Waals surface area (Å²) in [6.07, 6.45) is 3.32. The van der Waals surface area contributed by atoms with E-state index in [4.69, 9.17) is 0 Å². The molecule has 9 heteroatoms. The Kier molecular flexibility index (Phi) is 5.11. The lowest BCUT2D eigenvalue weighted by atomic mass is 10.2. The molecule has 4 amide bonds. The number of hydrogen-bond acceptors (Lipinski definition) is 6. The van der Waals surface area contributed by atoms with Gasteiger partial charge in [-0.3, -0.25) is 19.8 Å². The van der Waals surface area contributed by atoms with Crippen LogP contribution in [0.25, 0.3) is 0 Å². The molecule has 2 saturated heterocycles. The third-order valence-corrected chi connectivity index (χ3v) is 5.51. The molecule has 0 radical (unpaired) electrons. The van der Waals surface area contributed by atoms with Crippen molar-refractivity contribution in [1.82, 2.24) is 20.2 Å². The molecule has 0 spiro atoms. The highest BCUT2D eigenvalue weighted by Gasteiger charge is 2.36. The van der Waals surface area contributed by atoms with Crippen LogP contribution in [0.4, 0.5) is 16.4 Å². The lowest BCUT2D eigenvalue weighted by molar-refractivity contribution is -0.119. The number of amides is 4. The highest BCUT2D eigenvalue weighted by molar-refractivity contribution is 6.13. The van der Waals surface area contributed by atoms with Gasteiger partial charge in [0.05, 0.1) is 5.56 Å². The highest BCUT2D eigenvalue weighted by Crippen LogP contribution is 2.21. The number of carbonyl (C=O) groups excluding carboxylic acids is 3. The molecular formula is C21H24N6O3. The normalized spacial score (nSPS) is 19.3. The summed E-state index contributed by atoms with van der Waals surface area (Å²) in [4.78, 5) is 50.5. The van der Waals surface area contributed by atoms with Crippen LogP contribution in [-0.2, 0) is 4.79 Å². The zero-order valence-electron chi connectivity index (χ0n) is 17.3. The molecular weight excluding hydrogens is 384 g/mol. The number of aryl methyl sites for hydroxylation is 2. The fourth-order valence-electron chi connectivity index (χ4n) is 3.86. The van der Waals surface area contributed by atoms with Crippen LogP contribution in [0.3, 0.4) is 0 Å². The van der Waals surface area contributed by atoms with Crippen LogP contribution in [0.2, 0.25) is 0 Å². The molecule has 0 aromatic carbocycles. The van der Waals surface area contributed by atoms with Crippen molar-refractivity contribution in [2.45, 2.75) is 26.8 Å². The molecule has 9 nitrogen and oxygen atoms in total. The van der Waals surface area contributed by atoms with E-state index in [2.05, 4.69) is 33.2 Å². The van der Waals surface area contributed by atoms with Crippen molar-refractivity contribution >= 4 is 29.5 Å². The SMILES string of the molecule is Cc1cnc(N2CCN(C(=O)c3ccc(N4C(=O)NC(=O)C4C)nc3)CC2)c(C)c1. The Balaban J connectivity index is 1.41.